The third kappa shape index (κ3) is 26.8. The molecule has 0 aromatic carbocycles. The van der Waals surface area contributed by atoms with Crippen LogP contribution in [0.15, 0.2) is 0 Å². The number of nitrogens with zero attached hydrogens (tertiary/aromatic N) is 1. The zero-order valence-electron chi connectivity index (χ0n) is 14.7. The summed E-state index contributed by atoms with van der Waals surface area (Å²) in [6, 6.07) is 0. The highest BCUT2D eigenvalue weighted by atomic mass is 31.0. The molecule has 0 saturated carbocycles. The van der Waals surface area contributed by atoms with Gasteiger partial charge in [0.1, 0.15) is 6.54 Å². The second-order valence-corrected chi connectivity index (χ2v) is 7.29. The molecule has 0 aliphatic carbocycles. The summed E-state index contributed by atoms with van der Waals surface area (Å²) >= 11 is 0. The first kappa shape index (κ1) is 22.6. The third-order valence-corrected chi connectivity index (χ3v) is 3.74. The smallest absolute Gasteiger partial charge is 0.101 e. The molecule has 0 saturated heterocycles. The lowest BCUT2D eigenvalue weighted by atomic mass is 10.1. The van der Waals surface area contributed by atoms with Crippen LogP contribution in [0.2, 0.25) is 0 Å². The van der Waals surface area contributed by atoms with Crippen LogP contribution in [0.1, 0.15) is 71.1 Å². The van der Waals surface area contributed by atoms with Crippen molar-refractivity contribution < 1.29 is 9.59 Å². The lowest BCUT2D eigenvalue weighted by molar-refractivity contribution is -0.870. The summed E-state index contributed by atoms with van der Waals surface area (Å²) in [4.78, 5) is 0. The summed E-state index contributed by atoms with van der Waals surface area (Å²) in [5, 5.41) is 8.39. The van der Waals surface area contributed by atoms with Crippen molar-refractivity contribution in [2.24, 2.45) is 0 Å². The van der Waals surface area contributed by atoms with Gasteiger partial charge in [0.15, 0.2) is 0 Å². The van der Waals surface area contributed by atoms with Crippen LogP contribution in [-0.2, 0) is 0 Å². The Morgan fingerprint density at radius 1 is 0.750 bits per heavy atom. The van der Waals surface area contributed by atoms with Crippen LogP contribution in [0.5, 0.6) is 0 Å². The molecule has 0 rings (SSSR count). The van der Waals surface area contributed by atoms with Gasteiger partial charge < -0.3 is 9.59 Å². The van der Waals surface area contributed by atoms with Gasteiger partial charge in [0, 0.05) is 0 Å². The number of rotatable bonds is 12. The molecule has 0 aliphatic heterocycles. The van der Waals surface area contributed by atoms with E-state index >= 15 is 0 Å². The van der Waals surface area contributed by atoms with Gasteiger partial charge in [0.2, 0.25) is 0 Å². The van der Waals surface area contributed by atoms with Crippen LogP contribution in [0, 0.1) is 0 Å². The van der Waals surface area contributed by atoms with Crippen LogP contribution in [0.3, 0.4) is 0 Å². The second kappa shape index (κ2) is 17.4. The molecule has 0 aromatic heterocycles. The Bertz CT molecular complexity index is 159. The molecule has 0 heterocycles. The molecule has 0 radical (unpaired) electrons. The number of unbranched alkanes of at least 4 members (excludes halogenated alkanes) is 9. The van der Waals surface area contributed by atoms with Gasteiger partial charge in [0.05, 0.1) is 27.7 Å². The summed E-state index contributed by atoms with van der Waals surface area (Å²) in [6.07, 6.45) is 15.7. The fourth-order valence-electron chi connectivity index (χ4n) is 1.93. The average molecular weight is 306 g/mol. The highest BCUT2D eigenvalue weighted by molar-refractivity contribution is 7.16. The molecule has 1 unspecified atom stereocenters. The van der Waals surface area contributed by atoms with E-state index in [1.807, 2.05) is 0 Å². The number of aliphatic hydroxyl groups is 1. The fraction of sp³-hybridized carbons (Fsp3) is 1.00. The highest BCUT2D eigenvalue weighted by Crippen LogP contribution is 2.10. The number of likely N-dealkylation sites (N-methyl/N-ethyl adjacent to an activating group) is 1. The highest BCUT2D eigenvalue weighted by Gasteiger charge is 2.02. The Hall–Kier alpha value is 0.350. The van der Waals surface area contributed by atoms with Gasteiger partial charge in [-0.3, -0.25) is 0 Å². The van der Waals surface area contributed by atoms with Gasteiger partial charge in [-0.15, -0.1) is 9.24 Å². The van der Waals surface area contributed by atoms with Crippen molar-refractivity contribution in [2.75, 3.05) is 40.5 Å². The van der Waals surface area contributed by atoms with Crippen molar-refractivity contribution in [2.45, 2.75) is 71.1 Å². The first-order chi connectivity index (χ1) is 9.47. The molecule has 3 heteroatoms. The van der Waals surface area contributed by atoms with Crippen LogP contribution >= 0.6 is 9.24 Å². The quantitative estimate of drug-likeness (QED) is 0.320. The van der Waals surface area contributed by atoms with Gasteiger partial charge in [0.25, 0.3) is 0 Å². The van der Waals surface area contributed by atoms with E-state index in [0.717, 1.165) is 11.0 Å². The minimum Gasteiger partial charge on any atom is -0.391 e. The van der Waals surface area contributed by atoms with Crippen molar-refractivity contribution >= 4 is 9.24 Å². The minimum absolute atomic E-state index is 0.281. The van der Waals surface area contributed by atoms with E-state index in [1.54, 1.807) is 0 Å². The van der Waals surface area contributed by atoms with E-state index in [-0.39, 0.29) is 6.61 Å². The molecule has 0 aromatic rings. The molecule has 0 amide bonds. The van der Waals surface area contributed by atoms with E-state index in [1.165, 1.54) is 70.4 Å². The largest absolute Gasteiger partial charge is 0.391 e. The van der Waals surface area contributed by atoms with E-state index in [0.29, 0.717) is 0 Å². The maximum Gasteiger partial charge on any atom is 0.101 e. The van der Waals surface area contributed by atoms with Crippen LogP contribution in [-0.4, -0.2) is 50.0 Å². The zero-order valence-corrected chi connectivity index (χ0v) is 15.8. The molecule has 1 atom stereocenters. The first-order valence-electron chi connectivity index (χ1n) is 8.59. The van der Waals surface area contributed by atoms with Gasteiger partial charge in [-0.25, -0.2) is 0 Å². The van der Waals surface area contributed by atoms with Gasteiger partial charge in [-0.05, 0) is 12.6 Å². The molecule has 0 fully saturated rings. The Morgan fingerprint density at radius 2 is 1.15 bits per heavy atom. The summed E-state index contributed by atoms with van der Waals surface area (Å²) in [7, 11) is 8.96. The van der Waals surface area contributed by atoms with E-state index < -0.39 is 0 Å². The van der Waals surface area contributed by atoms with Crippen molar-refractivity contribution in [3.05, 3.63) is 0 Å². The Kier molecular flexibility index (Phi) is 19.7. The summed E-state index contributed by atoms with van der Waals surface area (Å²) in [6.45, 7) is 3.40. The molecule has 0 bridgehead atoms. The lowest BCUT2D eigenvalue weighted by Crippen LogP contribution is -2.36. The molecular formula is C17H41NOP+. The maximum absolute atomic E-state index is 8.39. The van der Waals surface area contributed by atoms with E-state index in [9.17, 15) is 0 Å². The van der Waals surface area contributed by atoms with Crippen molar-refractivity contribution in [3.63, 3.8) is 0 Å². The third-order valence-electron chi connectivity index (χ3n) is 3.33. The van der Waals surface area contributed by atoms with Gasteiger partial charge >= 0.3 is 0 Å². The van der Waals surface area contributed by atoms with Crippen LogP contribution < -0.4 is 0 Å². The molecule has 124 valence electrons. The van der Waals surface area contributed by atoms with Crippen molar-refractivity contribution in [3.8, 4) is 0 Å². The molecule has 20 heavy (non-hydrogen) atoms. The SMILES string of the molecule is CCCCCCCCCCCCP.C[N+](C)(C)CCO. The van der Waals surface area contributed by atoms with Gasteiger partial charge in [-0.2, -0.15) is 0 Å². The molecule has 1 N–H and O–H groups in total. The number of hydrogen-bond donors (Lipinski definition) is 1. The first-order valence-corrected chi connectivity index (χ1v) is 9.41. The fourth-order valence-corrected chi connectivity index (χ4v) is 2.22. The Balaban J connectivity index is 0. The van der Waals surface area contributed by atoms with Gasteiger partial charge in [-0.1, -0.05) is 64.7 Å². The summed E-state index contributed by atoms with van der Waals surface area (Å²) in [5.41, 5.74) is 0. The second-order valence-electron chi connectivity index (χ2n) is 6.71. The molecule has 2 nitrogen and oxygen atoms in total. The number of hydrogen-bond acceptors (Lipinski definition) is 1. The minimum atomic E-state index is 0.281. The van der Waals surface area contributed by atoms with Crippen molar-refractivity contribution in [1.82, 2.24) is 0 Å². The summed E-state index contributed by atoms with van der Waals surface area (Å²) < 4.78 is 0.844. The van der Waals surface area contributed by atoms with E-state index in [2.05, 4.69) is 37.3 Å². The number of quaternary nitrogens is 1. The normalized spacial score (nSPS) is 11.1. The molecule has 0 spiro atoms. The topological polar surface area (TPSA) is 20.2 Å². The standard InChI is InChI=1S/C12H27P.C5H14NO/c1-2-3-4-5-6-7-8-9-10-11-12-13;1-6(2,3)4-5-7/h2-13H2,1H3;7H,4-5H2,1-3H3/q;+1. The summed E-state index contributed by atoms with van der Waals surface area (Å²) in [5.74, 6) is 0. The predicted octanol–water partition coefficient (Wildman–Crippen LogP) is 4.47. The zero-order chi connectivity index (χ0) is 15.7. The van der Waals surface area contributed by atoms with E-state index in [4.69, 9.17) is 5.11 Å². The molecular weight excluding hydrogens is 265 g/mol. The van der Waals surface area contributed by atoms with Crippen LogP contribution in [0.25, 0.3) is 0 Å². The Morgan fingerprint density at radius 3 is 1.40 bits per heavy atom. The maximum atomic E-state index is 8.39. The monoisotopic (exact) mass is 306 g/mol. The van der Waals surface area contributed by atoms with Crippen LogP contribution in [0.4, 0.5) is 0 Å². The predicted molar refractivity (Wildman–Crippen MR) is 96.4 cm³/mol. The Labute approximate surface area is 131 Å². The van der Waals surface area contributed by atoms with Crippen molar-refractivity contribution in [1.29, 1.82) is 0 Å². The number of aliphatic hydroxyl groups excluding tert-OH is 1. The molecule has 0 aliphatic rings. The lowest BCUT2D eigenvalue weighted by Gasteiger charge is -2.21. The average Bonchev–Trinajstić information content (AvgIpc) is 2.36.